The van der Waals surface area contributed by atoms with Crippen molar-refractivity contribution in [2.75, 3.05) is 19.6 Å². The molecule has 0 aromatic heterocycles. The van der Waals surface area contributed by atoms with Gasteiger partial charge in [0.25, 0.3) is 0 Å². The van der Waals surface area contributed by atoms with E-state index in [-0.39, 0.29) is 0 Å². The van der Waals surface area contributed by atoms with E-state index in [2.05, 4.69) is 40.5 Å². The van der Waals surface area contributed by atoms with Crippen LogP contribution < -0.4 is 5.32 Å². The van der Waals surface area contributed by atoms with E-state index in [0.29, 0.717) is 12.6 Å². The van der Waals surface area contributed by atoms with Crippen molar-refractivity contribution in [1.82, 2.24) is 10.2 Å². The fraction of sp³-hybridized carbons (Fsp3) is 0.500. The van der Waals surface area contributed by atoms with Crippen LogP contribution in [0.4, 0.5) is 0 Å². The third kappa shape index (κ3) is 3.32. The molecule has 1 aromatic carbocycles. The third-order valence-corrected chi connectivity index (χ3v) is 3.24. The van der Waals surface area contributed by atoms with E-state index in [1.54, 1.807) is 0 Å². The monoisotopic (exact) mass is 216 g/mol. The smallest absolute Gasteiger partial charge is 0.0233 e. The lowest BCUT2D eigenvalue weighted by Crippen LogP contribution is -2.42. The van der Waals surface area contributed by atoms with Gasteiger partial charge >= 0.3 is 0 Å². The summed E-state index contributed by atoms with van der Waals surface area (Å²) >= 11 is 0. The van der Waals surface area contributed by atoms with E-state index in [1.807, 2.05) is 0 Å². The maximum Gasteiger partial charge on any atom is 0.0233 e. The minimum atomic E-state index is 0.601. The molecule has 0 aliphatic carbocycles. The van der Waals surface area contributed by atoms with Gasteiger partial charge in [0.1, 0.15) is 0 Å². The second-order valence-electron chi connectivity index (χ2n) is 4.44. The minimum Gasteiger partial charge on any atom is -0.314 e. The molecule has 1 fully saturated rings. The standard InChI is InChI=1S/C14H20N2/c1-2-15-14-8-10-16(11-9-14)12-13-6-4-3-5-7-13/h1,3-7,14-15H,2,8-12H2. The van der Waals surface area contributed by atoms with Gasteiger partial charge in [0, 0.05) is 12.6 Å². The SMILES string of the molecule is [CH]CNC1CCN(Cc2ccccc2)CC1. The molecule has 2 radical (unpaired) electrons. The van der Waals surface area contributed by atoms with Crippen molar-refractivity contribution >= 4 is 0 Å². The molecule has 1 saturated heterocycles. The van der Waals surface area contributed by atoms with Gasteiger partial charge in [-0.1, -0.05) is 30.3 Å². The third-order valence-electron chi connectivity index (χ3n) is 3.24. The van der Waals surface area contributed by atoms with Gasteiger partial charge in [-0.25, -0.2) is 0 Å². The number of nitrogens with one attached hydrogen (secondary N) is 1. The minimum absolute atomic E-state index is 0.601. The van der Waals surface area contributed by atoms with E-state index in [1.165, 1.54) is 31.5 Å². The Kier molecular flexibility index (Phi) is 4.37. The van der Waals surface area contributed by atoms with Crippen molar-refractivity contribution in [3.05, 3.63) is 42.8 Å². The first-order valence-electron chi connectivity index (χ1n) is 6.08. The van der Waals surface area contributed by atoms with Crippen LogP contribution in [0.15, 0.2) is 30.3 Å². The molecule has 0 saturated carbocycles. The predicted molar refractivity (Wildman–Crippen MR) is 67.0 cm³/mol. The number of benzene rings is 1. The first-order chi connectivity index (χ1) is 7.88. The molecule has 2 rings (SSSR count). The summed E-state index contributed by atoms with van der Waals surface area (Å²) < 4.78 is 0. The average molecular weight is 216 g/mol. The molecule has 0 unspecified atom stereocenters. The van der Waals surface area contributed by atoms with Crippen LogP contribution in [0, 0.1) is 6.92 Å². The topological polar surface area (TPSA) is 15.3 Å². The van der Waals surface area contributed by atoms with Gasteiger partial charge in [0.15, 0.2) is 0 Å². The summed E-state index contributed by atoms with van der Waals surface area (Å²) in [4.78, 5) is 2.52. The predicted octanol–water partition coefficient (Wildman–Crippen LogP) is 1.95. The fourth-order valence-corrected chi connectivity index (χ4v) is 2.30. The molecule has 1 aliphatic heterocycles. The Morgan fingerprint density at radius 2 is 1.88 bits per heavy atom. The Labute approximate surface area is 98.7 Å². The van der Waals surface area contributed by atoms with Crippen LogP contribution >= 0.6 is 0 Å². The molecule has 1 aliphatic rings. The summed E-state index contributed by atoms with van der Waals surface area (Å²) in [5.74, 6) is 0. The van der Waals surface area contributed by atoms with Crippen LogP contribution in [0.2, 0.25) is 0 Å². The highest BCUT2D eigenvalue weighted by Crippen LogP contribution is 2.13. The van der Waals surface area contributed by atoms with Gasteiger partial charge < -0.3 is 5.32 Å². The molecular weight excluding hydrogens is 196 g/mol. The van der Waals surface area contributed by atoms with E-state index in [4.69, 9.17) is 6.92 Å². The summed E-state index contributed by atoms with van der Waals surface area (Å²) in [5, 5.41) is 3.32. The molecule has 1 aromatic rings. The molecule has 0 amide bonds. The summed E-state index contributed by atoms with van der Waals surface area (Å²) in [6.07, 6.45) is 2.42. The van der Waals surface area contributed by atoms with Crippen molar-refractivity contribution in [2.24, 2.45) is 0 Å². The van der Waals surface area contributed by atoms with Gasteiger partial charge in [0.2, 0.25) is 0 Å². The molecule has 1 heterocycles. The van der Waals surface area contributed by atoms with E-state index >= 15 is 0 Å². The zero-order chi connectivity index (χ0) is 11.2. The number of piperidine rings is 1. The Hall–Kier alpha value is -0.860. The van der Waals surface area contributed by atoms with Gasteiger partial charge in [-0.05, 0) is 45.0 Å². The lowest BCUT2D eigenvalue weighted by molar-refractivity contribution is 0.192. The highest BCUT2D eigenvalue weighted by atomic mass is 15.1. The van der Waals surface area contributed by atoms with Crippen LogP contribution in [0.3, 0.4) is 0 Å². The van der Waals surface area contributed by atoms with Crippen molar-refractivity contribution < 1.29 is 0 Å². The van der Waals surface area contributed by atoms with Gasteiger partial charge in [-0.2, -0.15) is 0 Å². The normalized spacial score (nSPS) is 18.8. The quantitative estimate of drug-likeness (QED) is 0.827. The zero-order valence-electron chi connectivity index (χ0n) is 9.73. The number of nitrogens with zero attached hydrogens (tertiary/aromatic N) is 1. The van der Waals surface area contributed by atoms with E-state index < -0.39 is 0 Å². The zero-order valence-corrected chi connectivity index (χ0v) is 9.73. The Morgan fingerprint density at radius 1 is 1.19 bits per heavy atom. The molecule has 0 bridgehead atoms. The Morgan fingerprint density at radius 3 is 2.50 bits per heavy atom. The fourth-order valence-electron chi connectivity index (χ4n) is 2.30. The molecule has 0 spiro atoms. The number of rotatable bonds is 4. The van der Waals surface area contributed by atoms with Crippen molar-refractivity contribution in [2.45, 2.75) is 25.4 Å². The van der Waals surface area contributed by atoms with Gasteiger partial charge in [0.05, 0.1) is 0 Å². The first kappa shape index (κ1) is 11.6. The molecular formula is C14H20N2. The van der Waals surface area contributed by atoms with E-state index in [0.717, 1.165) is 6.54 Å². The average Bonchev–Trinajstić information content (AvgIpc) is 2.33. The summed E-state index contributed by atoms with van der Waals surface area (Å²) in [6, 6.07) is 11.3. The number of hydrogen-bond acceptors (Lipinski definition) is 2. The van der Waals surface area contributed by atoms with Crippen LogP contribution in [0.25, 0.3) is 0 Å². The number of likely N-dealkylation sites (tertiary alicyclic amines) is 1. The first-order valence-corrected chi connectivity index (χ1v) is 6.08. The lowest BCUT2D eigenvalue weighted by Gasteiger charge is -2.32. The summed E-state index contributed by atoms with van der Waals surface area (Å²) in [7, 11) is 0. The largest absolute Gasteiger partial charge is 0.314 e. The molecule has 16 heavy (non-hydrogen) atoms. The molecule has 0 atom stereocenters. The van der Waals surface area contributed by atoms with Gasteiger partial charge in [-0.3, -0.25) is 4.90 Å². The van der Waals surface area contributed by atoms with Crippen LogP contribution in [0.5, 0.6) is 0 Å². The summed E-state index contributed by atoms with van der Waals surface area (Å²) in [5.41, 5.74) is 1.41. The number of hydrogen-bond donors (Lipinski definition) is 1. The summed E-state index contributed by atoms with van der Waals surface area (Å²) in [6.45, 7) is 9.52. The van der Waals surface area contributed by atoms with Crippen molar-refractivity contribution in [1.29, 1.82) is 0 Å². The molecule has 2 heteroatoms. The highest BCUT2D eigenvalue weighted by molar-refractivity contribution is 5.14. The van der Waals surface area contributed by atoms with Crippen molar-refractivity contribution in [3.8, 4) is 0 Å². The van der Waals surface area contributed by atoms with Crippen LogP contribution in [-0.4, -0.2) is 30.6 Å². The Bertz CT molecular complexity index is 289. The van der Waals surface area contributed by atoms with Crippen LogP contribution in [-0.2, 0) is 6.54 Å². The Balaban J connectivity index is 1.77. The van der Waals surface area contributed by atoms with Crippen molar-refractivity contribution in [3.63, 3.8) is 0 Å². The maximum absolute atomic E-state index is 5.49. The second kappa shape index (κ2) is 6.02. The lowest BCUT2D eigenvalue weighted by atomic mass is 10.0. The molecule has 1 N–H and O–H groups in total. The molecule has 2 nitrogen and oxygen atoms in total. The maximum atomic E-state index is 5.49. The van der Waals surface area contributed by atoms with E-state index in [9.17, 15) is 0 Å². The highest BCUT2D eigenvalue weighted by Gasteiger charge is 2.17. The molecule has 86 valence electrons. The van der Waals surface area contributed by atoms with Crippen LogP contribution in [0.1, 0.15) is 18.4 Å². The second-order valence-corrected chi connectivity index (χ2v) is 4.44. The van der Waals surface area contributed by atoms with Gasteiger partial charge in [-0.15, -0.1) is 0 Å².